The summed E-state index contributed by atoms with van der Waals surface area (Å²) in [6.07, 6.45) is -4.65. The zero-order valence-electron chi connectivity index (χ0n) is 10.9. The summed E-state index contributed by atoms with van der Waals surface area (Å²) >= 11 is 23.1. The predicted molar refractivity (Wildman–Crippen MR) is 85.9 cm³/mol. The van der Waals surface area contributed by atoms with Gasteiger partial charge in [-0.3, -0.25) is 4.79 Å². The molecule has 0 aliphatic heterocycles. The van der Waals surface area contributed by atoms with Gasteiger partial charge in [0.25, 0.3) is 5.91 Å². The van der Waals surface area contributed by atoms with Gasteiger partial charge in [-0.15, -0.1) is 0 Å². The maximum absolute atomic E-state index is 12.8. The highest BCUT2D eigenvalue weighted by molar-refractivity contribution is 6.46. The van der Waals surface area contributed by atoms with Crippen molar-refractivity contribution in [2.45, 2.75) is 6.18 Å². The lowest BCUT2D eigenvalue weighted by atomic mass is 10.1. The van der Waals surface area contributed by atoms with Crippen molar-refractivity contribution in [1.82, 2.24) is 0 Å². The van der Waals surface area contributed by atoms with E-state index in [1.54, 1.807) is 0 Å². The molecule has 0 unspecified atom stereocenters. The molecule has 122 valence electrons. The van der Waals surface area contributed by atoms with Crippen LogP contribution in [0.3, 0.4) is 0 Å². The molecule has 0 aliphatic carbocycles. The van der Waals surface area contributed by atoms with Gasteiger partial charge in [0.1, 0.15) is 0 Å². The normalized spacial score (nSPS) is 11.4. The van der Waals surface area contributed by atoms with Crippen LogP contribution in [0.15, 0.2) is 30.3 Å². The average Bonchev–Trinajstić information content (AvgIpc) is 2.44. The molecule has 0 saturated heterocycles. The number of rotatable bonds is 2. The summed E-state index contributed by atoms with van der Waals surface area (Å²) in [6, 6.07) is 5.72. The minimum Gasteiger partial charge on any atom is -0.322 e. The summed E-state index contributed by atoms with van der Waals surface area (Å²) in [5.41, 5.74) is -1.32. The van der Waals surface area contributed by atoms with E-state index in [2.05, 4.69) is 5.32 Å². The molecular weight excluding hydrogens is 397 g/mol. The van der Waals surface area contributed by atoms with Gasteiger partial charge >= 0.3 is 6.18 Å². The van der Waals surface area contributed by atoms with Gasteiger partial charge in [-0.2, -0.15) is 13.2 Å². The molecule has 0 radical (unpaired) electrons. The number of amides is 1. The molecule has 2 rings (SSSR count). The van der Waals surface area contributed by atoms with Crippen LogP contribution in [-0.2, 0) is 6.18 Å². The molecule has 2 nitrogen and oxygen atoms in total. The fraction of sp³-hybridized carbons (Fsp3) is 0.0714. The van der Waals surface area contributed by atoms with Crippen LogP contribution in [0.2, 0.25) is 20.1 Å². The molecule has 0 spiro atoms. The molecule has 0 saturated carbocycles. The lowest BCUT2D eigenvalue weighted by Crippen LogP contribution is -2.14. The molecule has 9 heteroatoms. The summed E-state index contributed by atoms with van der Waals surface area (Å²) in [4.78, 5) is 12.2. The first-order valence-corrected chi connectivity index (χ1v) is 7.44. The van der Waals surface area contributed by atoms with E-state index in [1.165, 1.54) is 18.2 Å². The van der Waals surface area contributed by atoms with Gasteiger partial charge in [0.05, 0.1) is 31.2 Å². The minimum absolute atomic E-state index is 0.0157. The number of nitrogens with one attached hydrogen (secondary N) is 1. The van der Waals surface area contributed by atoms with Gasteiger partial charge in [0.2, 0.25) is 0 Å². The highest BCUT2D eigenvalue weighted by atomic mass is 35.5. The first-order valence-electron chi connectivity index (χ1n) is 5.93. The molecule has 2 aromatic carbocycles. The third kappa shape index (κ3) is 4.04. The number of hydrogen-bond donors (Lipinski definition) is 1. The van der Waals surface area contributed by atoms with Gasteiger partial charge in [0, 0.05) is 5.69 Å². The Labute approximate surface area is 149 Å². The SMILES string of the molecule is O=C(Nc1ccc(Cl)c(C(F)(F)F)c1)c1c(Cl)ccc(Cl)c1Cl. The summed E-state index contributed by atoms with van der Waals surface area (Å²) in [5.74, 6) is -0.794. The summed E-state index contributed by atoms with van der Waals surface area (Å²) in [5, 5.41) is 1.82. The van der Waals surface area contributed by atoms with Crippen LogP contribution in [0, 0.1) is 0 Å². The fourth-order valence-corrected chi connectivity index (χ4v) is 2.67. The van der Waals surface area contributed by atoms with Gasteiger partial charge in [0.15, 0.2) is 0 Å². The monoisotopic (exact) mass is 401 g/mol. The van der Waals surface area contributed by atoms with Crippen molar-refractivity contribution in [2.24, 2.45) is 0 Å². The number of carbonyl (C=O) groups excluding carboxylic acids is 1. The van der Waals surface area contributed by atoms with Gasteiger partial charge in [-0.05, 0) is 30.3 Å². The summed E-state index contributed by atoms with van der Waals surface area (Å²) < 4.78 is 38.4. The van der Waals surface area contributed by atoms with Crippen molar-refractivity contribution in [1.29, 1.82) is 0 Å². The van der Waals surface area contributed by atoms with Crippen LogP contribution in [0.4, 0.5) is 18.9 Å². The Kier molecular flexibility index (Phi) is 5.36. The minimum atomic E-state index is -4.65. The standard InChI is InChI=1S/C14H6Cl4F3NO/c15-8-2-1-6(5-7(8)14(19,20)21)22-13(23)11-9(16)3-4-10(17)12(11)18/h1-5H,(H,22,23). The van der Waals surface area contributed by atoms with Crippen LogP contribution in [-0.4, -0.2) is 5.91 Å². The molecule has 0 bridgehead atoms. The topological polar surface area (TPSA) is 29.1 Å². The number of alkyl halides is 3. The molecule has 0 fully saturated rings. The molecule has 2 aromatic rings. The summed E-state index contributed by atoms with van der Waals surface area (Å²) in [7, 11) is 0. The molecular formula is C14H6Cl4F3NO. The van der Waals surface area contributed by atoms with Gasteiger partial charge < -0.3 is 5.32 Å². The van der Waals surface area contributed by atoms with Crippen molar-refractivity contribution in [2.75, 3.05) is 5.32 Å². The number of hydrogen-bond acceptors (Lipinski definition) is 1. The highest BCUT2D eigenvalue weighted by Gasteiger charge is 2.33. The second kappa shape index (κ2) is 6.77. The van der Waals surface area contributed by atoms with E-state index in [-0.39, 0.29) is 26.3 Å². The van der Waals surface area contributed by atoms with E-state index in [9.17, 15) is 18.0 Å². The van der Waals surface area contributed by atoms with Gasteiger partial charge in [-0.1, -0.05) is 46.4 Å². The van der Waals surface area contributed by atoms with Crippen molar-refractivity contribution >= 4 is 58.0 Å². The Balaban J connectivity index is 2.37. The van der Waals surface area contributed by atoms with Crippen LogP contribution < -0.4 is 5.32 Å². The maximum Gasteiger partial charge on any atom is 0.417 e. The van der Waals surface area contributed by atoms with E-state index in [4.69, 9.17) is 46.4 Å². The van der Waals surface area contributed by atoms with Crippen LogP contribution in [0.5, 0.6) is 0 Å². The maximum atomic E-state index is 12.8. The number of halogens is 7. The Morgan fingerprint density at radius 1 is 0.913 bits per heavy atom. The molecule has 0 aromatic heterocycles. The van der Waals surface area contributed by atoms with E-state index in [0.717, 1.165) is 6.07 Å². The first-order chi connectivity index (χ1) is 10.6. The molecule has 0 aliphatic rings. The first kappa shape index (κ1) is 18.2. The van der Waals surface area contributed by atoms with Crippen LogP contribution in [0.1, 0.15) is 15.9 Å². The molecule has 0 heterocycles. The third-order valence-corrected chi connectivity index (χ3v) is 4.25. The average molecular weight is 403 g/mol. The molecule has 1 N–H and O–H groups in total. The van der Waals surface area contributed by atoms with Crippen molar-refractivity contribution in [3.05, 3.63) is 61.5 Å². The van der Waals surface area contributed by atoms with Crippen molar-refractivity contribution < 1.29 is 18.0 Å². The smallest absolute Gasteiger partial charge is 0.322 e. The lowest BCUT2D eigenvalue weighted by molar-refractivity contribution is -0.137. The number of benzene rings is 2. The predicted octanol–water partition coefficient (Wildman–Crippen LogP) is 6.57. The Hall–Kier alpha value is -1.14. The molecule has 0 atom stereocenters. The zero-order valence-corrected chi connectivity index (χ0v) is 14.0. The Morgan fingerprint density at radius 3 is 2.09 bits per heavy atom. The quantitative estimate of drug-likeness (QED) is 0.565. The van der Waals surface area contributed by atoms with Crippen molar-refractivity contribution in [3.63, 3.8) is 0 Å². The number of anilines is 1. The van der Waals surface area contributed by atoms with E-state index < -0.39 is 22.7 Å². The Bertz CT molecular complexity index is 777. The van der Waals surface area contributed by atoms with Crippen LogP contribution in [0.25, 0.3) is 0 Å². The second-order valence-electron chi connectivity index (χ2n) is 4.36. The Morgan fingerprint density at radius 2 is 1.48 bits per heavy atom. The summed E-state index contributed by atoms with van der Waals surface area (Å²) in [6.45, 7) is 0. The van der Waals surface area contributed by atoms with Gasteiger partial charge in [-0.25, -0.2) is 0 Å². The van der Waals surface area contributed by atoms with E-state index in [1.807, 2.05) is 0 Å². The molecule has 23 heavy (non-hydrogen) atoms. The van der Waals surface area contributed by atoms with Crippen molar-refractivity contribution in [3.8, 4) is 0 Å². The highest BCUT2D eigenvalue weighted by Crippen LogP contribution is 2.37. The largest absolute Gasteiger partial charge is 0.417 e. The van der Waals surface area contributed by atoms with Crippen LogP contribution >= 0.6 is 46.4 Å². The molecule has 1 amide bonds. The third-order valence-electron chi connectivity index (χ3n) is 2.80. The van der Waals surface area contributed by atoms with E-state index >= 15 is 0 Å². The second-order valence-corrected chi connectivity index (χ2v) is 5.96. The fourth-order valence-electron chi connectivity index (χ4n) is 1.75. The zero-order chi connectivity index (χ0) is 17.4. The number of carbonyl (C=O) groups is 1. The lowest BCUT2D eigenvalue weighted by Gasteiger charge is -2.13. The van der Waals surface area contributed by atoms with E-state index in [0.29, 0.717) is 6.07 Å².